The number of nitrogens with one attached hydrogen (secondary N) is 3. The highest BCUT2D eigenvalue weighted by Gasteiger charge is 2.33. The third-order valence-corrected chi connectivity index (χ3v) is 5.07. The number of carbonyl (C=O) groups excluding carboxylic acids is 1. The van der Waals surface area contributed by atoms with E-state index in [9.17, 15) is 15.0 Å². The van der Waals surface area contributed by atoms with Gasteiger partial charge in [-0.3, -0.25) is 4.79 Å². The summed E-state index contributed by atoms with van der Waals surface area (Å²) in [7, 11) is 1.56. The van der Waals surface area contributed by atoms with Gasteiger partial charge in [0.25, 0.3) is 5.91 Å². The smallest absolute Gasteiger partial charge is 0.268 e. The van der Waals surface area contributed by atoms with Crippen LogP contribution in [0.3, 0.4) is 0 Å². The summed E-state index contributed by atoms with van der Waals surface area (Å²) in [5.41, 5.74) is 4.69. The van der Waals surface area contributed by atoms with Crippen molar-refractivity contribution in [3.63, 3.8) is 0 Å². The van der Waals surface area contributed by atoms with E-state index in [0.29, 0.717) is 23.9 Å². The molecule has 0 aromatic carbocycles. The van der Waals surface area contributed by atoms with Gasteiger partial charge < -0.3 is 36.7 Å². The zero-order valence-electron chi connectivity index (χ0n) is 16.1. The molecule has 2 aliphatic rings. The van der Waals surface area contributed by atoms with Crippen LogP contribution in [0.4, 0.5) is 0 Å². The molecule has 0 aromatic rings. The number of allylic oxidation sites excluding steroid dienone is 4. The van der Waals surface area contributed by atoms with Crippen molar-refractivity contribution in [2.24, 2.45) is 17.6 Å². The molecular weight excluding hydrogens is 348 g/mol. The Bertz CT molecular complexity index is 677. The minimum Gasteiger partial charge on any atom is -0.493 e. The van der Waals surface area contributed by atoms with Crippen molar-refractivity contribution >= 4 is 11.6 Å². The Hall–Kier alpha value is -2.16. The Morgan fingerprint density at radius 1 is 1.48 bits per heavy atom. The summed E-state index contributed by atoms with van der Waals surface area (Å²) in [6.07, 6.45) is 5.79. The molecule has 0 aromatic heterocycles. The first-order valence-electron chi connectivity index (χ1n) is 9.10. The Balaban J connectivity index is 2.17. The SMILES string of the molecule is CN/C(C(=O)NC(C)(CO)C(N)O)=C1/C=C(OCC2CC(C)C2)C=CC1=N. The molecule has 0 spiro atoms. The van der Waals surface area contributed by atoms with Crippen molar-refractivity contribution in [3.8, 4) is 0 Å². The number of hydrogen-bond acceptors (Lipinski definition) is 7. The van der Waals surface area contributed by atoms with Crippen LogP contribution in [0.2, 0.25) is 0 Å². The number of carbonyl (C=O) groups is 1. The fourth-order valence-corrected chi connectivity index (χ4v) is 3.14. The lowest BCUT2D eigenvalue weighted by atomic mass is 9.77. The quantitative estimate of drug-likeness (QED) is 0.262. The van der Waals surface area contributed by atoms with Gasteiger partial charge >= 0.3 is 0 Å². The molecule has 1 saturated carbocycles. The van der Waals surface area contributed by atoms with E-state index in [4.69, 9.17) is 15.9 Å². The summed E-state index contributed by atoms with van der Waals surface area (Å²) in [5.74, 6) is 1.30. The van der Waals surface area contributed by atoms with Crippen LogP contribution < -0.4 is 16.4 Å². The second kappa shape index (κ2) is 8.69. The zero-order valence-corrected chi connectivity index (χ0v) is 16.1. The number of ether oxygens (including phenoxy) is 1. The molecule has 7 N–H and O–H groups in total. The topological polar surface area (TPSA) is 141 Å². The van der Waals surface area contributed by atoms with Gasteiger partial charge in [0.2, 0.25) is 0 Å². The molecule has 0 aliphatic heterocycles. The van der Waals surface area contributed by atoms with Crippen molar-refractivity contribution in [1.29, 1.82) is 5.41 Å². The van der Waals surface area contributed by atoms with Crippen LogP contribution in [0.5, 0.6) is 0 Å². The van der Waals surface area contributed by atoms with Gasteiger partial charge in [-0.1, -0.05) is 6.92 Å². The minimum absolute atomic E-state index is 0.128. The van der Waals surface area contributed by atoms with E-state index >= 15 is 0 Å². The van der Waals surface area contributed by atoms with Crippen molar-refractivity contribution in [2.45, 2.75) is 38.5 Å². The van der Waals surface area contributed by atoms with E-state index in [0.717, 1.165) is 18.8 Å². The van der Waals surface area contributed by atoms with Crippen LogP contribution in [0.1, 0.15) is 26.7 Å². The first-order valence-corrected chi connectivity index (χ1v) is 9.10. The normalized spacial score (nSPS) is 27.0. The molecule has 2 atom stereocenters. The van der Waals surface area contributed by atoms with E-state index in [-0.39, 0.29) is 11.4 Å². The van der Waals surface area contributed by atoms with E-state index in [1.807, 2.05) is 0 Å². The fraction of sp³-hybridized carbons (Fsp3) is 0.579. The Morgan fingerprint density at radius 3 is 2.67 bits per heavy atom. The van der Waals surface area contributed by atoms with E-state index in [1.54, 1.807) is 25.3 Å². The number of hydrogen-bond donors (Lipinski definition) is 6. The molecule has 8 nitrogen and oxygen atoms in total. The second-order valence-corrected chi connectivity index (χ2v) is 7.56. The van der Waals surface area contributed by atoms with Crippen LogP contribution in [0, 0.1) is 17.2 Å². The Labute approximate surface area is 159 Å². The van der Waals surface area contributed by atoms with Gasteiger partial charge in [0.05, 0.1) is 24.5 Å². The lowest BCUT2D eigenvalue weighted by Crippen LogP contribution is -2.61. The number of amides is 1. The Kier molecular flexibility index (Phi) is 6.80. The molecule has 0 bridgehead atoms. The highest BCUT2D eigenvalue weighted by atomic mass is 16.5. The lowest BCUT2D eigenvalue weighted by molar-refractivity contribution is -0.122. The molecule has 1 amide bonds. The highest BCUT2D eigenvalue weighted by molar-refractivity contribution is 6.14. The van der Waals surface area contributed by atoms with Gasteiger partial charge in [-0.15, -0.1) is 0 Å². The largest absolute Gasteiger partial charge is 0.493 e. The summed E-state index contributed by atoms with van der Waals surface area (Å²) < 4.78 is 5.83. The molecule has 0 heterocycles. The molecule has 2 aliphatic carbocycles. The van der Waals surface area contributed by atoms with Gasteiger partial charge in [0, 0.05) is 12.6 Å². The third-order valence-electron chi connectivity index (χ3n) is 5.07. The molecule has 0 saturated heterocycles. The van der Waals surface area contributed by atoms with Gasteiger partial charge in [-0.25, -0.2) is 0 Å². The average Bonchev–Trinajstić information content (AvgIpc) is 2.60. The molecule has 27 heavy (non-hydrogen) atoms. The van der Waals surface area contributed by atoms with Crippen molar-refractivity contribution in [2.75, 3.05) is 20.3 Å². The van der Waals surface area contributed by atoms with Crippen LogP contribution in [-0.4, -0.2) is 53.9 Å². The number of nitrogens with two attached hydrogens (primary N) is 1. The van der Waals surface area contributed by atoms with Crippen molar-refractivity contribution in [3.05, 3.63) is 35.3 Å². The summed E-state index contributed by atoms with van der Waals surface area (Å²) >= 11 is 0. The number of aliphatic hydroxyl groups is 2. The average molecular weight is 378 g/mol. The molecule has 0 radical (unpaired) electrons. The predicted octanol–water partition coefficient (Wildman–Crippen LogP) is 0.140. The first kappa shape index (κ1) is 21.1. The molecular formula is C19H30N4O4. The summed E-state index contributed by atoms with van der Waals surface area (Å²) in [6, 6.07) is 0. The van der Waals surface area contributed by atoms with Crippen molar-refractivity contribution < 1.29 is 19.7 Å². The summed E-state index contributed by atoms with van der Waals surface area (Å²) in [5, 5.41) is 32.5. The molecule has 150 valence electrons. The first-order chi connectivity index (χ1) is 12.7. The predicted molar refractivity (Wildman–Crippen MR) is 103 cm³/mol. The number of rotatable bonds is 8. The van der Waals surface area contributed by atoms with Crippen LogP contribution in [0.25, 0.3) is 0 Å². The number of likely N-dealkylation sites (N-methyl/N-ethyl adjacent to an activating group) is 1. The second-order valence-electron chi connectivity index (χ2n) is 7.56. The highest BCUT2D eigenvalue weighted by Crippen LogP contribution is 2.33. The van der Waals surface area contributed by atoms with Crippen molar-refractivity contribution in [1.82, 2.24) is 10.6 Å². The maximum atomic E-state index is 12.7. The van der Waals surface area contributed by atoms with Crippen LogP contribution >= 0.6 is 0 Å². The molecule has 1 fully saturated rings. The third kappa shape index (κ3) is 4.97. The summed E-state index contributed by atoms with van der Waals surface area (Å²) in [4.78, 5) is 12.7. The van der Waals surface area contributed by atoms with Gasteiger partial charge in [-0.05, 0) is 49.8 Å². The number of aliphatic hydroxyl groups excluding tert-OH is 2. The molecule has 8 heteroatoms. The van der Waals surface area contributed by atoms with E-state index in [1.165, 1.54) is 6.92 Å². The van der Waals surface area contributed by atoms with E-state index < -0.39 is 24.3 Å². The van der Waals surface area contributed by atoms with Gasteiger partial charge in [-0.2, -0.15) is 0 Å². The summed E-state index contributed by atoms with van der Waals surface area (Å²) in [6.45, 7) is 3.73. The maximum absolute atomic E-state index is 12.7. The van der Waals surface area contributed by atoms with E-state index in [2.05, 4.69) is 17.6 Å². The molecule has 2 rings (SSSR count). The van der Waals surface area contributed by atoms with Crippen LogP contribution in [0.15, 0.2) is 35.3 Å². The molecule has 2 unspecified atom stereocenters. The standard InChI is InChI=1S/C19H30N4O4/c1-11-6-12(7-11)9-27-13-4-5-15(20)14(8-13)16(22-3)17(25)23-19(2,10-24)18(21)26/h4-5,8,11-12,18,20,22,24,26H,6-7,9-10,21H2,1-3H3,(H,23,25)/b16-14-,20-15?. The van der Waals surface area contributed by atoms with Crippen LogP contribution in [-0.2, 0) is 9.53 Å². The lowest BCUT2D eigenvalue weighted by Gasteiger charge is -2.33. The maximum Gasteiger partial charge on any atom is 0.268 e. The zero-order chi connectivity index (χ0) is 20.2. The monoisotopic (exact) mass is 378 g/mol. The van der Waals surface area contributed by atoms with Gasteiger partial charge in [0.1, 0.15) is 17.7 Å². The minimum atomic E-state index is -1.44. The fourth-order valence-electron chi connectivity index (χ4n) is 3.14. The van der Waals surface area contributed by atoms with Gasteiger partial charge in [0.15, 0.2) is 0 Å². The Morgan fingerprint density at radius 2 is 2.15 bits per heavy atom.